The molecule has 0 aliphatic rings. The number of H-pyrrole nitrogens is 1. The highest BCUT2D eigenvalue weighted by Gasteiger charge is 2.21. The smallest absolute Gasteiger partial charge is 0.251 e. The van der Waals surface area contributed by atoms with Gasteiger partial charge in [0.1, 0.15) is 6.04 Å². The van der Waals surface area contributed by atoms with Crippen LogP contribution in [0.2, 0.25) is 0 Å². The summed E-state index contributed by atoms with van der Waals surface area (Å²) in [7, 11) is 0. The molecule has 0 fully saturated rings. The van der Waals surface area contributed by atoms with Crippen LogP contribution < -0.4 is 11.1 Å². The van der Waals surface area contributed by atoms with E-state index in [1.807, 2.05) is 72.9 Å². The third-order valence-corrected chi connectivity index (χ3v) is 5.00. The summed E-state index contributed by atoms with van der Waals surface area (Å²) in [6.07, 6.45) is 2.18. The van der Waals surface area contributed by atoms with Gasteiger partial charge in [0, 0.05) is 29.1 Å². The number of hydrogen-bond donors (Lipinski definition) is 3. The number of carbonyl (C=O) groups excluding carboxylic acids is 2. The lowest BCUT2D eigenvalue weighted by atomic mass is 10.0. The molecule has 0 radical (unpaired) electrons. The number of aromatic amines is 1. The number of benzene rings is 3. The molecule has 4 rings (SSSR count). The van der Waals surface area contributed by atoms with E-state index in [4.69, 9.17) is 5.73 Å². The van der Waals surface area contributed by atoms with Crippen LogP contribution in [0, 0.1) is 0 Å². The van der Waals surface area contributed by atoms with Crippen molar-refractivity contribution in [3.8, 4) is 11.1 Å². The maximum absolute atomic E-state index is 12.7. The number of aromatic nitrogens is 1. The molecule has 1 heterocycles. The number of nitrogens with one attached hydrogen (secondary N) is 2. The van der Waals surface area contributed by atoms with Crippen molar-refractivity contribution in [3.05, 3.63) is 96.2 Å². The van der Waals surface area contributed by atoms with Crippen molar-refractivity contribution in [3.63, 3.8) is 0 Å². The van der Waals surface area contributed by atoms with Gasteiger partial charge in [-0.3, -0.25) is 9.59 Å². The quantitative estimate of drug-likeness (QED) is 0.474. The molecule has 5 nitrogen and oxygen atoms in total. The number of fused-ring (bicyclic) bond motifs is 1. The van der Waals surface area contributed by atoms with Gasteiger partial charge in [0.05, 0.1) is 0 Å². The molecule has 4 aromatic rings. The third-order valence-electron chi connectivity index (χ3n) is 5.00. The number of hydrogen-bond acceptors (Lipinski definition) is 2. The van der Waals surface area contributed by atoms with Crippen molar-refractivity contribution in [2.45, 2.75) is 12.5 Å². The number of amides is 2. The summed E-state index contributed by atoms with van der Waals surface area (Å²) in [4.78, 5) is 27.8. The standard InChI is InChI=1S/C24H21N3O2/c25-23(28)22(14-19-15-26-21-9-5-4-8-20(19)21)27-24(29)18-12-10-17(11-13-18)16-6-2-1-3-7-16/h1-13,15,22,26H,14H2,(H2,25,28)(H,27,29)/t22-/m1/s1. The second-order valence-corrected chi connectivity index (χ2v) is 6.94. The minimum absolute atomic E-state index is 0.326. The Balaban J connectivity index is 1.49. The Morgan fingerprint density at radius 1 is 0.862 bits per heavy atom. The lowest BCUT2D eigenvalue weighted by molar-refractivity contribution is -0.119. The predicted molar refractivity (Wildman–Crippen MR) is 114 cm³/mol. The summed E-state index contributed by atoms with van der Waals surface area (Å²) in [6, 6.07) is 24.2. The molecule has 29 heavy (non-hydrogen) atoms. The van der Waals surface area contributed by atoms with E-state index in [1.54, 1.807) is 12.1 Å². The van der Waals surface area contributed by atoms with Gasteiger partial charge in [0.15, 0.2) is 0 Å². The van der Waals surface area contributed by atoms with Crippen molar-refractivity contribution < 1.29 is 9.59 Å². The minimum atomic E-state index is -0.796. The highest BCUT2D eigenvalue weighted by molar-refractivity contribution is 5.98. The van der Waals surface area contributed by atoms with Crippen molar-refractivity contribution in [1.82, 2.24) is 10.3 Å². The normalized spacial score (nSPS) is 11.9. The monoisotopic (exact) mass is 383 g/mol. The third kappa shape index (κ3) is 4.04. The van der Waals surface area contributed by atoms with Gasteiger partial charge >= 0.3 is 0 Å². The first-order valence-corrected chi connectivity index (χ1v) is 9.42. The van der Waals surface area contributed by atoms with Crippen LogP contribution in [-0.2, 0) is 11.2 Å². The summed E-state index contributed by atoms with van der Waals surface area (Å²) in [5.41, 5.74) is 10.1. The van der Waals surface area contributed by atoms with Crippen LogP contribution in [-0.4, -0.2) is 22.8 Å². The van der Waals surface area contributed by atoms with Crippen LogP contribution in [0.25, 0.3) is 22.0 Å². The molecule has 1 atom stereocenters. The Labute approximate surface area is 168 Å². The van der Waals surface area contributed by atoms with Gasteiger partial charge in [-0.25, -0.2) is 0 Å². The number of primary amides is 1. The Kier molecular flexibility index (Phi) is 5.12. The average Bonchev–Trinajstić information content (AvgIpc) is 3.17. The van der Waals surface area contributed by atoms with E-state index < -0.39 is 11.9 Å². The van der Waals surface area contributed by atoms with Crippen LogP contribution in [0.4, 0.5) is 0 Å². The summed E-state index contributed by atoms with van der Waals surface area (Å²) >= 11 is 0. The maximum atomic E-state index is 12.7. The van der Waals surface area contributed by atoms with E-state index in [0.29, 0.717) is 12.0 Å². The van der Waals surface area contributed by atoms with Gasteiger partial charge < -0.3 is 16.0 Å². The summed E-state index contributed by atoms with van der Waals surface area (Å²) < 4.78 is 0. The molecule has 0 spiro atoms. The van der Waals surface area contributed by atoms with E-state index in [9.17, 15) is 9.59 Å². The summed E-state index contributed by atoms with van der Waals surface area (Å²) in [5, 5.41) is 3.78. The Hall–Kier alpha value is -3.86. The van der Waals surface area contributed by atoms with E-state index in [2.05, 4.69) is 10.3 Å². The lowest BCUT2D eigenvalue weighted by Crippen LogP contribution is -2.45. The number of nitrogens with two attached hydrogens (primary N) is 1. The molecule has 0 aliphatic heterocycles. The fraction of sp³-hybridized carbons (Fsp3) is 0.0833. The van der Waals surface area contributed by atoms with Crippen LogP contribution in [0.5, 0.6) is 0 Å². The zero-order valence-corrected chi connectivity index (χ0v) is 15.8. The minimum Gasteiger partial charge on any atom is -0.368 e. The zero-order valence-electron chi connectivity index (χ0n) is 15.8. The first kappa shape index (κ1) is 18.5. The van der Waals surface area contributed by atoms with Gasteiger partial charge in [0.25, 0.3) is 5.91 Å². The van der Waals surface area contributed by atoms with E-state index in [1.165, 1.54) is 0 Å². The van der Waals surface area contributed by atoms with Crippen LogP contribution >= 0.6 is 0 Å². The fourth-order valence-electron chi connectivity index (χ4n) is 3.43. The highest BCUT2D eigenvalue weighted by atomic mass is 16.2. The van der Waals surface area contributed by atoms with Crippen molar-refractivity contribution in [2.24, 2.45) is 5.73 Å². The largest absolute Gasteiger partial charge is 0.368 e. The number of para-hydroxylation sites is 1. The van der Waals surface area contributed by atoms with Gasteiger partial charge in [-0.1, -0.05) is 60.7 Å². The second-order valence-electron chi connectivity index (χ2n) is 6.94. The lowest BCUT2D eigenvalue weighted by Gasteiger charge is -2.15. The molecule has 0 bridgehead atoms. The van der Waals surface area contributed by atoms with Crippen LogP contribution in [0.15, 0.2) is 85.1 Å². The summed E-state index contributed by atoms with van der Waals surface area (Å²) in [5.74, 6) is -0.891. The van der Waals surface area contributed by atoms with E-state index in [0.717, 1.165) is 27.6 Å². The first-order chi connectivity index (χ1) is 14.1. The van der Waals surface area contributed by atoms with Crippen molar-refractivity contribution in [1.29, 1.82) is 0 Å². The van der Waals surface area contributed by atoms with Crippen molar-refractivity contribution in [2.75, 3.05) is 0 Å². The Bertz CT molecular complexity index is 1150. The Morgan fingerprint density at radius 2 is 1.52 bits per heavy atom. The molecular weight excluding hydrogens is 362 g/mol. The molecule has 0 saturated carbocycles. The summed E-state index contributed by atoms with van der Waals surface area (Å²) in [6.45, 7) is 0. The highest BCUT2D eigenvalue weighted by Crippen LogP contribution is 2.21. The average molecular weight is 383 g/mol. The van der Waals surface area contributed by atoms with Gasteiger partial charge in [-0.2, -0.15) is 0 Å². The van der Waals surface area contributed by atoms with Gasteiger partial charge in [0.2, 0.25) is 5.91 Å². The van der Waals surface area contributed by atoms with Crippen molar-refractivity contribution >= 4 is 22.7 Å². The molecule has 4 N–H and O–H groups in total. The van der Waals surface area contributed by atoms with Crippen LogP contribution in [0.3, 0.4) is 0 Å². The molecule has 0 aliphatic carbocycles. The maximum Gasteiger partial charge on any atom is 0.251 e. The van der Waals surface area contributed by atoms with E-state index in [-0.39, 0.29) is 5.91 Å². The molecule has 0 unspecified atom stereocenters. The molecule has 0 saturated heterocycles. The van der Waals surface area contributed by atoms with Gasteiger partial charge in [-0.15, -0.1) is 0 Å². The Morgan fingerprint density at radius 3 is 2.24 bits per heavy atom. The molecule has 2 amide bonds. The molecule has 144 valence electrons. The number of rotatable bonds is 6. The molecule has 1 aromatic heterocycles. The molecule has 5 heteroatoms. The SMILES string of the molecule is NC(=O)[C@@H](Cc1c[nH]c2ccccc12)NC(=O)c1ccc(-c2ccccc2)cc1. The molecule has 3 aromatic carbocycles. The van der Waals surface area contributed by atoms with E-state index >= 15 is 0 Å². The predicted octanol–water partition coefficient (Wildman–Crippen LogP) is 3.66. The van der Waals surface area contributed by atoms with Gasteiger partial charge in [-0.05, 0) is 34.9 Å². The molecular formula is C24H21N3O2. The fourth-order valence-corrected chi connectivity index (χ4v) is 3.43. The van der Waals surface area contributed by atoms with Crippen LogP contribution in [0.1, 0.15) is 15.9 Å². The zero-order chi connectivity index (χ0) is 20.2. The topological polar surface area (TPSA) is 88.0 Å². The second kappa shape index (κ2) is 8.02. The number of carbonyl (C=O) groups is 2. The first-order valence-electron chi connectivity index (χ1n) is 9.42.